The normalized spacial score (nSPS) is 18.7. The van der Waals surface area contributed by atoms with Gasteiger partial charge in [-0.15, -0.1) is 11.3 Å². The number of nitrogens with zero attached hydrogens (tertiary/aromatic N) is 4. The molecule has 0 radical (unpaired) electrons. The van der Waals surface area contributed by atoms with Crippen LogP contribution in [0.5, 0.6) is 5.75 Å². The van der Waals surface area contributed by atoms with E-state index >= 15 is 0 Å². The molecule has 0 spiro atoms. The van der Waals surface area contributed by atoms with Crippen LogP contribution in [0.4, 0.5) is 14.4 Å². The first-order valence-corrected chi connectivity index (χ1v) is 32.3. The van der Waals surface area contributed by atoms with Crippen molar-refractivity contribution in [2.24, 2.45) is 35.5 Å². The van der Waals surface area contributed by atoms with Crippen LogP contribution in [0, 0.1) is 35.5 Å². The molecule has 3 aliphatic rings. The number of thiophene rings is 1. The van der Waals surface area contributed by atoms with Crippen LogP contribution >= 0.6 is 11.3 Å². The summed E-state index contributed by atoms with van der Waals surface area (Å²) in [5.74, 6) is -2.78. The number of hydrogen-bond acceptors (Lipinski definition) is 15. The first kappa shape index (κ1) is 70.7. The zero-order valence-electron chi connectivity index (χ0n) is 56.0. The van der Waals surface area contributed by atoms with E-state index in [2.05, 4.69) is 0 Å². The number of carbonyl (C=O) groups excluding carboxylic acids is 7. The van der Waals surface area contributed by atoms with Gasteiger partial charge in [0.25, 0.3) is 0 Å². The minimum atomic E-state index is -0.734. The molecule has 0 bridgehead atoms. The van der Waals surface area contributed by atoms with Crippen LogP contribution < -0.4 is 4.74 Å². The summed E-state index contributed by atoms with van der Waals surface area (Å²) in [4.78, 5) is 104. The van der Waals surface area contributed by atoms with Gasteiger partial charge >= 0.3 is 36.2 Å². The SMILES string of the molecule is CC(C)(C)OC(=O)[C@@H](Cc1cccc(CC(=O)N(CCOc2cccc(C[C@H](C(=O)OC(C)(C)C)[C@H]3CCN(C(=O)OC(C)(C)C)C3)c2)Cc2cc(C[C@H](C(=O)OC(C)(C)C)[C@H]3CCN(C(=O)OC(C)(C)C)C3)cs2)c1)[C@H]1CCN(C(=O)OC(C)(C)C)C1. The van der Waals surface area contributed by atoms with Gasteiger partial charge in [0.05, 0.1) is 37.3 Å². The summed E-state index contributed by atoms with van der Waals surface area (Å²) < 4.78 is 41.5. The standard InChI is InChI=1S/C69H102N4O14S/c1-64(2,3)82-58(75)54(49-25-28-71(40-49)61(78)85-67(10,11)12)36-45-21-19-22-46(33-45)39-57(74)70(43-53-35-48(44-88-53)38-56(60(77)84-66(7,8)9)51-27-30-73(42-51)63(80)87-69(16,17)18)31-32-81-52-24-20-23-47(34-52)37-55(59(76)83-65(4,5)6)50-26-29-72(41-50)62(79)86-68(13,14)15/h19-24,33-35,44,49-51,54-56H,25-32,36-43H2,1-18H3/t49-,50-,51-,54-,55-,56-/m0/s1. The topological polar surface area (TPSA) is 197 Å². The maximum absolute atomic E-state index is 14.9. The molecule has 3 aromatic rings. The van der Waals surface area contributed by atoms with Crippen molar-refractivity contribution in [1.29, 1.82) is 0 Å². The summed E-state index contributed by atoms with van der Waals surface area (Å²) in [6.45, 7) is 36.1. The predicted octanol–water partition coefficient (Wildman–Crippen LogP) is 12.7. The smallest absolute Gasteiger partial charge is 0.410 e. The minimum absolute atomic E-state index is 0.0453. The zero-order valence-corrected chi connectivity index (χ0v) is 56.8. The Labute approximate surface area is 527 Å². The van der Waals surface area contributed by atoms with Gasteiger partial charge in [0.2, 0.25) is 5.91 Å². The van der Waals surface area contributed by atoms with Gasteiger partial charge in [0.15, 0.2) is 0 Å². The van der Waals surface area contributed by atoms with E-state index in [0.29, 0.717) is 83.5 Å². The Balaban J connectivity index is 1.23. The van der Waals surface area contributed by atoms with E-state index in [1.807, 2.05) is 185 Å². The van der Waals surface area contributed by atoms with Crippen LogP contribution in [0.1, 0.15) is 171 Å². The molecular weight excluding hydrogens is 1140 g/mol. The number of esters is 3. The summed E-state index contributed by atoms with van der Waals surface area (Å²) in [7, 11) is 0. The van der Waals surface area contributed by atoms with Crippen LogP contribution in [-0.2, 0) is 79.8 Å². The predicted molar refractivity (Wildman–Crippen MR) is 339 cm³/mol. The molecule has 3 aliphatic heterocycles. The molecule has 6 rings (SSSR count). The number of benzene rings is 2. The van der Waals surface area contributed by atoms with Gasteiger partial charge in [-0.1, -0.05) is 36.4 Å². The molecule has 0 unspecified atom stereocenters. The summed E-state index contributed by atoms with van der Waals surface area (Å²) in [6, 6.07) is 17.3. The van der Waals surface area contributed by atoms with Crippen molar-refractivity contribution in [2.45, 2.75) is 210 Å². The molecule has 4 heterocycles. The van der Waals surface area contributed by atoms with E-state index in [0.717, 1.165) is 27.1 Å². The number of rotatable bonds is 20. The van der Waals surface area contributed by atoms with E-state index < -0.39 is 69.6 Å². The second-order valence-corrected chi connectivity index (χ2v) is 31.2. The van der Waals surface area contributed by atoms with Gasteiger partial charge in [-0.05, 0) is 227 Å². The average Bonchev–Trinajstić information content (AvgIpc) is 2.71. The number of ether oxygens (including phenoxy) is 7. The molecule has 2 aromatic carbocycles. The van der Waals surface area contributed by atoms with E-state index in [1.54, 1.807) is 19.6 Å². The van der Waals surface area contributed by atoms with Crippen LogP contribution in [0.2, 0.25) is 0 Å². The van der Waals surface area contributed by atoms with E-state index in [-0.39, 0.29) is 67.7 Å². The van der Waals surface area contributed by atoms with Gasteiger partial charge in [-0.2, -0.15) is 0 Å². The van der Waals surface area contributed by atoms with Gasteiger partial charge in [-0.25, -0.2) is 14.4 Å². The number of amides is 4. The Morgan fingerprint density at radius 1 is 0.477 bits per heavy atom. The summed E-state index contributed by atoms with van der Waals surface area (Å²) in [6.07, 6.45) is 1.71. The Kier molecular flexibility index (Phi) is 23.4. The molecule has 0 aliphatic carbocycles. The number of likely N-dealkylation sites (tertiary alicyclic amines) is 3. The lowest BCUT2D eigenvalue weighted by Gasteiger charge is -2.28. The van der Waals surface area contributed by atoms with Crippen LogP contribution in [0.15, 0.2) is 60.0 Å². The third kappa shape index (κ3) is 23.2. The van der Waals surface area contributed by atoms with Crippen molar-refractivity contribution in [2.75, 3.05) is 52.4 Å². The first-order chi connectivity index (χ1) is 40.6. The molecule has 88 heavy (non-hydrogen) atoms. The Morgan fingerprint density at radius 2 is 0.841 bits per heavy atom. The van der Waals surface area contributed by atoms with Crippen molar-refractivity contribution < 1.29 is 66.7 Å². The monoisotopic (exact) mass is 1240 g/mol. The maximum atomic E-state index is 14.9. The van der Waals surface area contributed by atoms with Crippen molar-refractivity contribution in [3.05, 3.63) is 87.1 Å². The molecule has 4 amide bonds. The van der Waals surface area contributed by atoms with E-state index in [1.165, 1.54) is 11.3 Å². The van der Waals surface area contributed by atoms with E-state index in [4.69, 9.17) is 33.2 Å². The molecule has 488 valence electrons. The second-order valence-electron chi connectivity index (χ2n) is 30.2. The molecule has 0 saturated carbocycles. The third-order valence-corrected chi connectivity index (χ3v) is 16.1. The highest BCUT2D eigenvalue weighted by Gasteiger charge is 2.43. The second kappa shape index (κ2) is 29.1. The Bertz CT molecular complexity index is 2900. The highest BCUT2D eigenvalue weighted by molar-refractivity contribution is 7.10. The minimum Gasteiger partial charge on any atom is -0.492 e. The lowest BCUT2D eigenvalue weighted by molar-refractivity contribution is -0.163. The number of hydrogen-bond donors (Lipinski definition) is 0. The molecule has 18 nitrogen and oxygen atoms in total. The van der Waals surface area contributed by atoms with Crippen molar-refractivity contribution in [3.8, 4) is 5.75 Å². The van der Waals surface area contributed by atoms with Crippen LogP contribution in [0.25, 0.3) is 0 Å². The quantitative estimate of drug-likeness (QED) is 0.0765. The molecule has 3 fully saturated rings. The van der Waals surface area contributed by atoms with Crippen molar-refractivity contribution >= 4 is 53.4 Å². The first-order valence-electron chi connectivity index (χ1n) is 31.4. The molecule has 6 atom stereocenters. The average molecular weight is 1240 g/mol. The summed E-state index contributed by atoms with van der Waals surface area (Å²) in [5, 5.41) is 2.02. The van der Waals surface area contributed by atoms with Gasteiger partial charge in [0.1, 0.15) is 46.0 Å². The van der Waals surface area contributed by atoms with Gasteiger partial charge in [0, 0.05) is 44.1 Å². The van der Waals surface area contributed by atoms with Crippen molar-refractivity contribution in [3.63, 3.8) is 0 Å². The lowest BCUT2D eigenvalue weighted by Crippen LogP contribution is -2.38. The Morgan fingerprint density at radius 3 is 1.24 bits per heavy atom. The molecule has 1 aromatic heterocycles. The maximum Gasteiger partial charge on any atom is 0.410 e. The fraction of sp³-hybridized carbons (Fsp3) is 0.667. The fourth-order valence-electron chi connectivity index (χ4n) is 11.3. The molecule has 0 N–H and O–H groups in total. The molecule has 19 heteroatoms. The number of carbonyl (C=O) groups is 7. The summed E-state index contributed by atoms with van der Waals surface area (Å²) >= 11 is 1.50. The van der Waals surface area contributed by atoms with Crippen molar-refractivity contribution in [1.82, 2.24) is 19.6 Å². The zero-order chi connectivity index (χ0) is 65.3. The largest absolute Gasteiger partial charge is 0.492 e. The molecular formula is C69H102N4O14S. The summed E-state index contributed by atoms with van der Waals surface area (Å²) in [5.41, 5.74) is -0.801. The highest BCUT2D eigenvalue weighted by Crippen LogP contribution is 2.36. The van der Waals surface area contributed by atoms with Gasteiger partial charge < -0.3 is 52.8 Å². The highest BCUT2D eigenvalue weighted by atomic mass is 32.1. The fourth-order valence-corrected chi connectivity index (χ4v) is 12.2. The van der Waals surface area contributed by atoms with Gasteiger partial charge in [-0.3, -0.25) is 19.2 Å². The van der Waals surface area contributed by atoms with Crippen LogP contribution in [0.3, 0.4) is 0 Å². The van der Waals surface area contributed by atoms with Crippen LogP contribution in [-0.4, -0.2) is 148 Å². The Hall–Kier alpha value is -6.37. The van der Waals surface area contributed by atoms with E-state index in [9.17, 15) is 33.6 Å². The third-order valence-electron chi connectivity index (χ3n) is 15.1. The molecule has 3 saturated heterocycles. The lowest BCUT2D eigenvalue weighted by atomic mass is 9.85.